The van der Waals surface area contributed by atoms with Crippen molar-refractivity contribution in [2.45, 2.75) is 0 Å². The molecule has 2 aromatic rings. The Balaban J connectivity index is 2.47. The number of benzene rings is 2. The summed E-state index contributed by atoms with van der Waals surface area (Å²) in [4.78, 5) is 20.1. The largest absolute Gasteiger partial charge is 0.508 e. The van der Waals surface area contributed by atoms with Crippen LogP contribution in [-0.4, -0.2) is 25.2 Å². The van der Waals surface area contributed by atoms with Crippen LogP contribution in [-0.2, 0) is 0 Å². The first-order valence-corrected chi connectivity index (χ1v) is 6.15. The Morgan fingerprint density at radius 2 is 1.57 bits per heavy atom. The van der Waals surface area contributed by atoms with E-state index in [1.54, 1.807) is 0 Å². The molecule has 0 aliphatic rings. The molecule has 0 saturated carbocycles. The summed E-state index contributed by atoms with van der Waals surface area (Å²) in [6.45, 7) is 0. The fourth-order valence-electron chi connectivity index (χ4n) is 1.93. The molecule has 0 amide bonds. The quantitative estimate of drug-likeness (QED) is 0.446. The van der Waals surface area contributed by atoms with E-state index in [1.807, 2.05) is 0 Å². The fraction of sp³-hybridized carbons (Fsp3) is 0. The Labute approximate surface area is 128 Å². The van der Waals surface area contributed by atoms with E-state index in [0.29, 0.717) is 5.56 Å². The standard InChI is InChI=1S/C14H10N2O7/c17-10-6-9(14(16(22)23)13(19)7-10)3-1-8-2-4-12(18)11(5-8)15(20)21/h1-7,17-19H/b3-1+. The predicted molar refractivity (Wildman–Crippen MR) is 80.1 cm³/mol. The number of nitrogens with zero attached hydrogens (tertiary/aromatic N) is 2. The Kier molecular flexibility index (Phi) is 4.12. The van der Waals surface area contributed by atoms with Crippen molar-refractivity contribution in [3.63, 3.8) is 0 Å². The van der Waals surface area contributed by atoms with Gasteiger partial charge in [0.25, 0.3) is 0 Å². The van der Waals surface area contributed by atoms with Crippen LogP contribution in [0.4, 0.5) is 11.4 Å². The SMILES string of the molecule is O=[N+]([O-])c1cc(/C=C/c2cc(O)cc(O)c2[N+](=O)[O-])ccc1O. The summed E-state index contributed by atoms with van der Waals surface area (Å²) in [5.74, 6) is -1.58. The van der Waals surface area contributed by atoms with Crippen LogP contribution in [0.5, 0.6) is 17.2 Å². The van der Waals surface area contributed by atoms with Crippen molar-refractivity contribution in [1.29, 1.82) is 0 Å². The molecule has 0 aliphatic heterocycles. The van der Waals surface area contributed by atoms with Gasteiger partial charge in [-0.15, -0.1) is 0 Å². The lowest BCUT2D eigenvalue weighted by Crippen LogP contribution is -1.92. The van der Waals surface area contributed by atoms with E-state index in [0.717, 1.165) is 24.3 Å². The number of nitro groups is 2. The normalized spacial score (nSPS) is 10.8. The molecule has 2 rings (SSSR count). The van der Waals surface area contributed by atoms with Gasteiger partial charge >= 0.3 is 11.4 Å². The minimum Gasteiger partial charge on any atom is -0.508 e. The van der Waals surface area contributed by atoms with Crippen molar-refractivity contribution in [2.24, 2.45) is 0 Å². The molecule has 0 bridgehead atoms. The molecular weight excluding hydrogens is 308 g/mol. The van der Waals surface area contributed by atoms with Gasteiger partial charge in [-0.1, -0.05) is 12.1 Å². The van der Waals surface area contributed by atoms with E-state index in [1.165, 1.54) is 18.2 Å². The second-order valence-electron chi connectivity index (χ2n) is 4.50. The van der Waals surface area contributed by atoms with E-state index in [4.69, 9.17) is 0 Å². The minimum atomic E-state index is -0.812. The zero-order chi connectivity index (χ0) is 17.1. The molecule has 118 valence electrons. The molecule has 3 N–H and O–H groups in total. The number of phenols is 3. The van der Waals surface area contributed by atoms with E-state index >= 15 is 0 Å². The van der Waals surface area contributed by atoms with E-state index in [9.17, 15) is 35.5 Å². The van der Waals surface area contributed by atoms with Gasteiger partial charge in [0, 0.05) is 12.1 Å². The van der Waals surface area contributed by atoms with E-state index in [-0.39, 0.29) is 11.3 Å². The van der Waals surface area contributed by atoms with Gasteiger partial charge in [0.05, 0.1) is 15.4 Å². The molecule has 0 radical (unpaired) electrons. The summed E-state index contributed by atoms with van der Waals surface area (Å²) in [6, 6.07) is 5.48. The molecule has 0 aliphatic carbocycles. The maximum Gasteiger partial charge on any atom is 0.318 e. The summed E-state index contributed by atoms with van der Waals surface area (Å²) in [6.07, 6.45) is 2.53. The number of hydrogen-bond acceptors (Lipinski definition) is 7. The van der Waals surface area contributed by atoms with Gasteiger partial charge in [-0.3, -0.25) is 20.2 Å². The molecule has 0 fully saturated rings. The van der Waals surface area contributed by atoms with Crippen LogP contribution in [0.15, 0.2) is 30.3 Å². The molecule has 0 saturated heterocycles. The molecule has 0 aromatic heterocycles. The van der Waals surface area contributed by atoms with Gasteiger partial charge in [-0.25, -0.2) is 0 Å². The summed E-state index contributed by atoms with van der Waals surface area (Å²) in [7, 11) is 0. The zero-order valence-corrected chi connectivity index (χ0v) is 11.4. The maximum absolute atomic E-state index is 11.0. The van der Waals surface area contributed by atoms with Crippen molar-refractivity contribution in [2.75, 3.05) is 0 Å². The predicted octanol–water partition coefficient (Wildman–Crippen LogP) is 2.79. The highest BCUT2D eigenvalue weighted by Gasteiger charge is 2.19. The highest BCUT2D eigenvalue weighted by atomic mass is 16.6. The van der Waals surface area contributed by atoms with Crippen molar-refractivity contribution >= 4 is 23.5 Å². The van der Waals surface area contributed by atoms with Crippen molar-refractivity contribution < 1.29 is 25.2 Å². The zero-order valence-electron chi connectivity index (χ0n) is 11.4. The fourth-order valence-corrected chi connectivity index (χ4v) is 1.93. The molecule has 0 spiro atoms. The lowest BCUT2D eigenvalue weighted by molar-refractivity contribution is -0.386. The number of phenolic OH excluding ortho intramolecular Hbond substituents is 3. The Hall–Kier alpha value is -3.62. The van der Waals surface area contributed by atoms with Gasteiger partial charge in [0.15, 0.2) is 11.5 Å². The van der Waals surface area contributed by atoms with Crippen LogP contribution >= 0.6 is 0 Å². The third kappa shape index (κ3) is 3.35. The smallest absolute Gasteiger partial charge is 0.318 e. The second kappa shape index (κ2) is 6.02. The molecule has 0 unspecified atom stereocenters. The summed E-state index contributed by atoms with van der Waals surface area (Å²) in [5.41, 5.74) is -0.900. The van der Waals surface area contributed by atoms with Gasteiger partial charge in [-0.05, 0) is 23.8 Å². The van der Waals surface area contributed by atoms with Crippen molar-refractivity contribution in [3.8, 4) is 17.2 Å². The van der Waals surface area contributed by atoms with Gasteiger partial charge < -0.3 is 15.3 Å². The number of rotatable bonds is 4. The third-order valence-corrected chi connectivity index (χ3v) is 2.94. The van der Waals surface area contributed by atoms with Gasteiger partial charge in [0.1, 0.15) is 5.75 Å². The summed E-state index contributed by atoms with van der Waals surface area (Å²) < 4.78 is 0. The first-order valence-electron chi connectivity index (χ1n) is 6.15. The van der Waals surface area contributed by atoms with Crippen LogP contribution in [0.3, 0.4) is 0 Å². The highest BCUT2D eigenvalue weighted by Crippen LogP contribution is 2.35. The minimum absolute atomic E-state index is 0.0803. The highest BCUT2D eigenvalue weighted by molar-refractivity contribution is 5.78. The third-order valence-electron chi connectivity index (χ3n) is 2.94. The van der Waals surface area contributed by atoms with Crippen LogP contribution < -0.4 is 0 Å². The van der Waals surface area contributed by atoms with Crippen molar-refractivity contribution in [3.05, 3.63) is 61.7 Å². The second-order valence-corrected chi connectivity index (χ2v) is 4.50. The Bertz CT molecular complexity index is 830. The number of aromatic hydroxyl groups is 3. The van der Waals surface area contributed by atoms with Crippen LogP contribution in [0.2, 0.25) is 0 Å². The number of nitro benzene ring substituents is 2. The Morgan fingerprint density at radius 1 is 0.870 bits per heavy atom. The van der Waals surface area contributed by atoms with Gasteiger partial charge in [0.2, 0.25) is 0 Å². The van der Waals surface area contributed by atoms with Crippen LogP contribution in [0.25, 0.3) is 12.2 Å². The lowest BCUT2D eigenvalue weighted by atomic mass is 10.1. The summed E-state index contributed by atoms with van der Waals surface area (Å²) in [5, 5.41) is 50.0. The maximum atomic E-state index is 11.0. The molecule has 9 nitrogen and oxygen atoms in total. The first kappa shape index (κ1) is 15.8. The molecular formula is C14H10N2O7. The van der Waals surface area contributed by atoms with Crippen LogP contribution in [0.1, 0.15) is 11.1 Å². The van der Waals surface area contributed by atoms with E-state index in [2.05, 4.69) is 0 Å². The monoisotopic (exact) mass is 318 g/mol. The first-order chi connectivity index (χ1) is 10.8. The molecule has 0 heterocycles. The van der Waals surface area contributed by atoms with Gasteiger partial charge in [-0.2, -0.15) is 0 Å². The molecule has 0 atom stereocenters. The van der Waals surface area contributed by atoms with E-state index < -0.39 is 32.7 Å². The summed E-state index contributed by atoms with van der Waals surface area (Å²) >= 11 is 0. The molecule has 2 aromatic carbocycles. The average Bonchev–Trinajstić information content (AvgIpc) is 2.44. The average molecular weight is 318 g/mol. The Morgan fingerprint density at radius 3 is 2.17 bits per heavy atom. The van der Waals surface area contributed by atoms with Crippen LogP contribution in [0, 0.1) is 20.2 Å². The molecule has 23 heavy (non-hydrogen) atoms. The lowest BCUT2D eigenvalue weighted by Gasteiger charge is -2.02. The molecule has 9 heteroatoms. The number of hydrogen-bond donors (Lipinski definition) is 3. The topological polar surface area (TPSA) is 147 Å². The van der Waals surface area contributed by atoms with Crippen molar-refractivity contribution in [1.82, 2.24) is 0 Å².